The van der Waals surface area contributed by atoms with Crippen LogP contribution in [0.25, 0.3) is 11.0 Å². The van der Waals surface area contributed by atoms with Crippen LogP contribution in [-0.2, 0) is 4.79 Å². The van der Waals surface area contributed by atoms with Crippen molar-refractivity contribution in [1.82, 2.24) is 5.32 Å². The summed E-state index contributed by atoms with van der Waals surface area (Å²) in [7, 11) is 0. The molecule has 0 aliphatic rings. The number of nitrogens with one attached hydrogen (secondary N) is 1. The van der Waals surface area contributed by atoms with Crippen LogP contribution in [0.2, 0.25) is 0 Å². The molecule has 0 bridgehead atoms. The number of nitriles is 1. The molecule has 24 heavy (non-hydrogen) atoms. The van der Waals surface area contributed by atoms with E-state index in [0.29, 0.717) is 17.1 Å². The molecule has 5 heteroatoms. The number of carbonyl (C=O) groups is 1. The minimum Gasteiger partial charge on any atom is -0.484 e. The van der Waals surface area contributed by atoms with Gasteiger partial charge in [-0.15, -0.1) is 0 Å². The highest BCUT2D eigenvalue weighted by Gasteiger charge is 2.14. The van der Waals surface area contributed by atoms with Gasteiger partial charge in [0.1, 0.15) is 17.1 Å². The number of ether oxygens (including phenoxy) is 1. The molecule has 1 amide bonds. The molecule has 0 saturated carbocycles. The molecule has 1 aromatic heterocycles. The van der Waals surface area contributed by atoms with Gasteiger partial charge in [-0.25, -0.2) is 0 Å². The van der Waals surface area contributed by atoms with Crippen molar-refractivity contribution in [3.05, 3.63) is 65.9 Å². The third-order valence-corrected chi connectivity index (χ3v) is 3.60. The quantitative estimate of drug-likeness (QED) is 0.780. The minimum atomic E-state index is -0.255. The number of furan rings is 1. The highest BCUT2D eigenvalue weighted by molar-refractivity contribution is 5.79. The lowest BCUT2D eigenvalue weighted by Gasteiger charge is -2.12. The van der Waals surface area contributed by atoms with Crippen LogP contribution >= 0.6 is 0 Å². The van der Waals surface area contributed by atoms with Gasteiger partial charge in [0.15, 0.2) is 6.61 Å². The van der Waals surface area contributed by atoms with Crippen LogP contribution in [0.1, 0.15) is 24.3 Å². The van der Waals surface area contributed by atoms with Gasteiger partial charge in [0.25, 0.3) is 5.91 Å². The Kier molecular flexibility index (Phi) is 4.48. The van der Waals surface area contributed by atoms with Crippen molar-refractivity contribution in [3.8, 4) is 11.8 Å². The molecule has 1 atom stereocenters. The highest BCUT2D eigenvalue weighted by atomic mass is 16.5. The maximum Gasteiger partial charge on any atom is 0.258 e. The molecule has 3 rings (SSSR count). The van der Waals surface area contributed by atoms with Crippen LogP contribution < -0.4 is 10.1 Å². The van der Waals surface area contributed by atoms with E-state index in [0.717, 1.165) is 11.0 Å². The lowest BCUT2D eigenvalue weighted by Crippen LogP contribution is -2.31. The SMILES string of the molecule is C[C@H](NC(=O)COc1ccc(C#N)cc1)c1cc2ccccc2o1. The first-order valence-electron chi connectivity index (χ1n) is 7.56. The molecular formula is C19H16N2O3. The number of hydrogen-bond donors (Lipinski definition) is 1. The number of hydrogen-bond acceptors (Lipinski definition) is 4. The molecule has 1 heterocycles. The Morgan fingerprint density at radius 3 is 2.71 bits per heavy atom. The van der Waals surface area contributed by atoms with Crippen molar-refractivity contribution in [1.29, 1.82) is 5.26 Å². The maximum absolute atomic E-state index is 12.0. The van der Waals surface area contributed by atoms with Gasteiger partial charge < -0.3 is 14.5 Å². The first-order chi connectivity index (χ1) is 11.7. The first-order valence-corrected chi connectivity index (χ1v) is 7.56. The van der Waals surface area contributed by atoms with Crippen molar-refractivity contribution in [2.24, 2.45) is 0 Å². The number of amides is 1. The fourth-order valence-corrected chi connectivity index (χ4v) is 2.34. The standard InChI is InChI=1S/C19H16N2O3/c1-13(18-10-15-4-2-3-5-17(15)24-18)21-19(22)12-23-16-8-6-14(11-20)7-9-16/h2-10,13H,12H2,1H3,(H,21,22)/t13-/m0/s1. The summed E-state index contributed by atoms with van der Waals surface area (Å²) in [4.78, 5) is 12.0. The van der Waals surface area contributed by atoms with E-state index in [9.17, 15) is 4.79 Å². The topological polar surface area (TPSA) is 75.3 Å². The monoisotopic (exact) mass is 320 g/mol. The van der Waals surface area contributed by atoms with E-state index in [4.69, 9.17) is 14.4 Å². The Morgan fingerprint density at radius 1 is 1.25 bits per heavy atom. The summed E-state index contributed by atoms with van der Waals surface area (Å²) in [5.74, 6) is 0.996. The summed E-state index contributed by atoms with van der Waals surface area (Å²) >= 11 is 0. The zero-order valence-electron chi connectivity index (χ0n) is 13.2. The van der Waals surface area contributed by atoms with Gasteiger partial charge in [0.2, 0.25) is 0 Å². The van der Waals surface area contributed by atoms with Crippen LogP contribution in [0.3, 0.4) is 0 Å². The molecule has 0 aliphatic heterocycles. The van der Waals surface area contributed by atoms with Crippen LogP contribution in [0.4, 0.5) is 0 Å². The Bertz CT molecular complexity index is 858. The highest BCUT2D eigenvalue weighted by Crippen LogP contribution is 2.23. The largest absolute Gasteiger partial charge is 0.484 e. The molecule has 2 aromatic carbocycles. The summed E-state index contributed by atoms with van der Waals surface area (Å²) in [5, 5.41) is 12.6. The van der Waals surface area contributed by atoms with E-state index in [-0.39, 0.29) is 18.6 Å². The Labute approximate surface area is 139 Å². The fourth-order valence-electron chi connectivity index (χ4n) is 2.34. The van der Waals surface area contributed by atoms with Crippen molar-refractivity contribution >= 4 is 16.9 Å². The average Bonchev–Trinajstić information content (AvgIpc) is 3.05. The number of carbonyl (C=O) groups excluding carboxylic acids is 1. The number of nitrogens with zero attached hydrogens (tertiary/aromatic N) is 1. The summed E-state index contributed by atoms with van der Waals surface area (Å²) in [5.41, 5.74) is 1.34. The van der Waals surface area contributed by atoms with Crippen LogP contribution in [0.15, 0.2) is 59.0 Å². The number of fused-ring (bicyclic) bond motifs is 1. The Morgan fingerprint density at radius 2 is 2.00 bits per heavy atom. The van der Waals surface area contributed by atoms with Crippen LogP contribution in [0, 0.1) is 11.3 Å². The molecule has 0 unspecified atom stereocenters. The lowest BCUT2D eigenvalue weighted by atomic mass is 10.2. The molecule has 0 aliphatic carbocycles. The molecular weight excluding hydrogens is 304 g/mol. The fraction of sp³-hybridized carbons (Fsp3) is 0.158. The van der Waals surface area contributed by atoms with Crippen LogP contribution in [-0.4, -0.2) is 12.5 Å². The smallest absolute Gasteiger partial charge is 0.258 e. The molecule has 0 saturated heterocycles. The summed E-state index contributed by atoms with van der Waals surface area (Å²) in [6.07, 6.45) is 0. The van der Waals surface area contributed by atoms with Crippen molar-refractivity contribution in [2.45, 2.75) is 13.0 Å². The first kappa shape index (κ1) is 15.6. The van der Waals surface area contributed by atoms with Crippen molar-refractivity contribution < 1.29 is 13.9 Å². The lowest BCUT2D eigenvalue weighted by molar-refractivity contribution is -0.123. The van der Waals surface area contributed by atoms with Crippen LogP contribution in [0.5, 0.6) is 5.75 Å². The van der Waals surface area contributed by atoms with Gasteiger partial charge in [0, 0.05) is 5.39 Å². The van der Waals surface area contributed by atoms with E-state index < -0.39 is 0 Å². The predicted molar refractivity (Wildman–Crippen MR) is 89.4 cm³/mol. The third kappa shape index (κ3) is 3.55. The zero-order valence-corrected chi connectivity index (χ0v) is 13.2. The second kappa shape index (κ2) is 6.88. The van der Waals surface area contributed by atoms with Crippen molar-refractivity contribution in [2.75, 3.05) is 6.61 Å². The number of benzene rings is 2. The molecule has 0 fully saturated rings. The minimum absolute atomic E-state index is 0.101. The molecule has 120 valence electrons. The second-order valence-corrected chi connectivity index (χ2v) is 5.40. The molecule has 5 nitrogen and oxygen atoms in total. The molecule has 0 spiro atoms. The zero-order chi connectivity index (χ0) is 16.9. The Hall–Kier alpha value is -3.26. The van der Waals surface area contributed by atoms with E-state index in [1.807, 2.05) is 43.3 Å². The normalized spacial score (nSPS) is 11.7. The summed E-state index contributed by atoms with van der Waals surface area (Å²) < 4.78 is 11.1. The van der Waals surface area contributed by atoms with Gasteiger partial charge in [-0.3, -0.25) is 4.79 Å². The second-order valence-electron chi connectivity index (χ2n) is 5.40. The van der Waals surface area contributed by atoms with Gasteiger partial charge in [-0.1, -0.05) is 18.2 Å². The van der Waals surface area contributed by atoms with Gasteiger partial charge >= 0.3 is 0 Å². The number of para-hydroxylation sites is 1. The predicted octanol–water partition coefficient (Wildman–Crippen LogP) is 3.56. The summed E-state index contributed by atoms with van der Waals surface area (Å²) in [6, 6.07) is 18.0. The maximum atomic E-state index is 12.0. The van der Waals surface area contributed by atoms with Crippen molar-refractivity contribution in [3.63, 3.8) is 0 Å². The third-order valence-electron chi connectivity index (χ3n) is 3.60. The van der Waals surface area contributed by atoms with Gasteiger partial charge in [0.05, 0.1) is 17.7 Å². The molecule has 0 radical (unpaired) electrons. The molecule has 1 N–H and O–H groups in total. The van der Waals surface area contributed by atoms with Gasteiger partial charge in [-0.2, -0.15) is 5.26 Å². The van der Waals surface area contributed by atoms with E-state index in [1.165, 1.54) is 0 Å². The van der Waals surface area contributed by atoms with E-state index in [2.05, 4.69) is 5.32 Å². The summed E-state index contributed by atoms with van der Waals surface area (Å²) in [6.45, 7) is 1.76. The number of rotatable bonds is 5. The Balaban J connectivity index is 1.56. The average molecular weight is 320 g/mol. The molecule has 3 aromatic rings. The van der Waals surface area contributed by atoms with Gasteiger partial charge in [-0.05, 0) is 43.3 Å². The van der Waals surface area contributed by atoms with E-state index >= 15 is 0 Å². The van der Waals surface area contributed by atoms with E-state index in [1.54, 1.807) is 24.3 Å².